The van der Waals surface area contributed by atoms with Gasteiger partial charge in [0, 0.05) is 19.8 Å². The van der Waals surface area contributed by atoms with Crippen LogP contribution in [0.3, 0.4) is 0 Å². The maximum Gasteiger partial charge on any atom is 0.344 e. The second kappa shape index (κ2) is 4.58. The third-order valence-electron chi connectivity index (χ3n) is 1.66. The third kappa shape index (κ3) is 2.00. The van der Waals surface area contributed by atoms with E-state index in [1.54, 1.807) is 26.4 Å². The fraction of sp³-hybridized carbons (Fsp3) is 0.182. The molecule has 0 fully saturated rings. The van der Waals surface area contributed by atoms with Gasteiger partial charge in [-0.3, -0.25) is 0 Å². The third-order valence-corrected chi connectivity index (χ3v) is 1.66. The molecular formula is C11H12O3. The average Bonchev–Trinajstić information content (AvgIpc) is 2.45. The molecule has 3 nitrogen and oxygen atoms in total. The highest BCUT2D eigenvalue weighted by atomic mass is 16.5. The molecule has 0 radical (unpaired) electrons. The van der Waals surface area contributed by atoms with E-state index in [2.05, 4.69) is 11.3 Å². The van der Waals surface area contributed by atoms with Gasteiger partial charge in [0.2, 0.25) is 0 Å². The van der Waals surface area contributed by atoms with Crippen molar-refractivity contribution in [1.82, 2.24) is 0 Å². The quantitative estimate of drug-likeness (QED) is 0.590. The van der Waals surface area contributed by atoms with E-state index >= 15 is 0 Å². The number of esters is 1. The Morgan fingerprint density at radius 2 is 1.71 bits per heavy atom. The van der Waals surface area contributed by atoms with Crippen molar-refractivity contribution in [2.75, 3.05) is 14.2 Å². The van der Waals surface area contributed by atoms with Crippen molar-refractivity contribution in [3.05, 3.63) is 42.0 Å². The van der Waals surface area contributed by atoms with Gasteiger partial charge in [-0.25, -0.2) is 4.79 Å². The zero-order chi connectivity index (χ0) is 10.6. The normalized spacial score (nSPS) is 12.7. The van der Waals surface area contributed by atoms with E-state index in [1.165, 1.54) is 0 Å². The lowest BCUT2D eigenvalue weighted by molar-refractivity contribution is 0.0716. The van der Waals surface area contributed by atoms with Gasteiger partial charge in [0.25, 0.3) is 0 Å². The van der Waals surface area contributed by atoms with Crippen LogP contribution in [0.25, 0.3) is 5.76 Å². The maximum atomic E-state index is 11.0. The number of carbonyl (C=O) groups excluding carboxylic acids is 1. The lowest BCUT2D eigenvalue weighted by Gasteiger charge is -1.90. The van der Waals surface area contributed by atoms with Gasteiger partial charge in [0.1, 0.15) is 5.76 Å². The summed E-state index contributed by atoms with van der Waals surface area (Å²) in [6.07, 6.45) is 0. The van der Waals surface area contributed by atoms with Crippen LogP contribution in [0.1, 0.15) is 15.9 Å². The highest BCUT2D eigenvalue weighted by Crippen LogP contribution is 2.27. The van der Waals surface area contributed by atoms with Gasteiger partial charge in [0.05, 0.1) is 5.56 Å². The molecule has 0 N–H and O–H groups in total. The predicted molar refractivity (Wildman–Crippen MR) is 53.8 cm³/mol. The zero-order valence-electron chi connectivity index (χ0n) is 8.24. The number of ether oxygens (including phenoxy) is 2. The summed E-state index contributed by atoms with van der Waals surface area (Å²) in [4.78, 5) is 11.0. The van der Waals surface area contributed by atoms with Gasteiger partial charge in [-0.1, -0.05) is 24.8 Å². The molecule has 0 spiro atoms. The van der Waals surface area contributed by atoms with Crippen LogP contribution in [0, 0.1) is 0 Å². The lowest BCUT2D eigenvalue weighted by Crippen LogP contribution is -1.91. The van der Waals surface area contributed by atoms with Crippen molar-refractivity contribution in [3.8, 4) is 0 Å². The largest absolute Gasteiger partial charge is 0.423 e. The highest BCUT2D eigenvalue weighted by molar-refractivity contribution is 6.02. The number of fused-ring (bicyclic) bond motifs is 1. The first-order chi connectivity index (χ1) is 6.70. The molecule has 74 valence electrons. The van der Waals surface area contributed by atoms with E-state index in [4.69, 9.17) is 4.74 Å². The molecule has 1 aliphatic rings. The monoisotopic (exact) mass is 192 g/mol. The number of hydrogen-bond acceptors (Lipinski definition) is 3. The van der Waals surface area contributed by atoms with Crippen LogP contribution >= 0.6 is 0 Å². The second-order valence-electron chi connectivity index (χ2n) is 2.77. The molecule has 0 aromatic heterocycles. The summed E-state index contributed by atoms with van der Waals surface area (Å²) in [5.41, 5.74) is 1.41. The SMILES string of the molecule is C=C1OC(=O)c2ccccc21.COC. The van der Waals surface area contributed by atoms with Crippen LogP contribution in [0.2, 0.25) is 0 Å². The Morgan fingerprint density at radius 3 is 2.21 bits per heavy atom. The van der Waals surface area contributed by atoms with Gasteiger partial charge >= 0.3 is 5.97 Å². The number of carbonyl (C=O) groups is 1. The van der Waals surface area contributed by atoms with Crippen molar-refractivity contribution in [2.45, 2.75) is 0 Å². The summed E-state index contributed by atoms with van der Waals surface area (Å²) < 4.78 is 9.05. The topological polar surface area (TPSA) is 35.5 Å². The van der Waals surface area contributed by atoms with E-state index in [9.17, 15) is 4.79 Å². The minimum Gasteiger partial charge on any atom is -0.423 e. The first-order valence-electron chi connectivity index (χ1n) is 4.11. The van der Waals surface area contributed by atoms with E-state index in [0.29, 0.717) is 11.3 Å². The summed E-state index contributed by atoms with van der Waals surface area (Å²) in [5.74, 6) is 0.149. The van der Waals surface area contributed by atoms with Crippen molar-refractivity contribution in [1.29, 1.82) is 0 Å². The van der Waals surface area contributed by atoms with Crippen LogP contribution in [-0.4, -0.2) is 20.2 Å². The van der Waals surface area contributed by atoms with Gasteiger partial charge in [-0.2, -0.15) is 0 Å². The van der Waals surface area contributed by atoms with Gasteiger partial charge in [-0.05, 0) is 6.07 Å². The molecule has 3 heteroatoms. The van der Waals surface area contributed by atoms with E-state index in [-0.39, 0.29) is 5.97 Å². The standard InChI is InChI=1S/C9H6O2.C2H6O/c1-6-7-4-2-3-5-8(7)9(10)11-6;1-3-2/h2-5H,1H2;1-2H3. The van der Waals surface area contributed by atoms with Crippen LogP contribution < -0.4 is 0 Å². The van der Waals surface area contributed by atoms with Crippen molar-refractivity contribution < 1.29 is 14.3 Å². The molecule has 14 heavy (non-hydrogen) atoms. The summed E-state index contributed by atoms with van der Waals surface area (Å²) >= 11 is 0. The smallest absolute Gasteiger partial charge is 0.344 e. The Labute approximate surface area is 83.0 Å². The Kier molecular flexibility index (Phi) is 3.42. The molecule has 0 saturated carbocycles. The molecule has 0 bridgehead atoms. The molecule has 0 saturated heterocycles. The molecule has 1 aromatic carbocycles. The Hall–Kier alpha value is -1.61. The zero-order valence-corrected chi connectivity index (χ0v) is 8.24. The fourth-order valence-electron chi connectivity index (χ4n) is 1.13. The summed E-state index contributed by atoms with van der Waals surface area (Å²) in [6, 6.07) is 7.21. The van der Waals surface area contributed by atoms with Gasteiger partial charge in [-0.15, -0.1) is 0 Å². The van der Waals surface area contributed by atoms with E-state index in [1.807, 2.05) is 12.1 Å². The highest BCUT2D eigenvalue weighted by Gasteiger charge is 2.23. The van der Waals surface area contributed by atoms with E-state index in [0.717, 1.165) is 5.56 Å². The number of hydrogen-bond donors (Lipinski definition) is 0. The molecule has 1 aliphatic heterocycles. The maximum absolute atomic E-state index is 11.0. The van der Waals surface area contributed by atoms with Crippen LogP contribution in [0.4, 0.5) is 0 Å². The molecule has 0 atom stereocenters. The number of rotatable bonds is 0. The van der Waals surface area contributed by atoms with Crippen LogP contribution in [0.15, 0.2) is 30.8 Å². The molecule has 0 amide bonds. The van der Waals surface area contributed by atoms with Gasteiger partial charge < -0.3 is 9.47 Å². The minimum atomic E-state index is -0.300. The van der Waals surface area contributed by atoms with Crippen LogP contribution in [0.5, 0.6) is 0 Å². The molecular weight excluding hydrogens is 180 g/mol. The first kappa shape index (κ1) is 10.5. The summed E-state index contributed by atoms with van der Waals surface area (Å²) in [5, 5.41) is 0. The Morgan fingerprint density at radius 1 is 1.21 bits per heavy atom. The van der Waals surface area contributed by atoms with E-state index < -0.39 is 0 Å². The second-order valence-corrected chi connectivity index (χ2v) is 2.77. The van der Waals surface area contributed by atoms with Crippen molar-refractivity contribution >= 4 is 11.7 Å². The Bertz CT molecular complexity index is 322. The lowest BCUT2D eigenvalue weighted by atomic mass is 10.1. The number of benzene rings is 1. The average molecular weight is 192 g/mol. The molecule has 0 unspecified atom stereocenters. The van der Waals surface area contributed by atoms with Crippen LogP contribution in [-0.2, 0) is 9.47 Å². The summed E-state index contributed by atoms with van der Waals surface area (Å²) in [6.45, 7) is 3.60. The Balaban J connectivity index is 0.000000293. The van der Waals surface area contributed by atoms with Crippen molar-refractivity contribution in [3.63, 3.8) is 0 Å². The molecule has 1 heterocycles. The first-order valence-corrected chi connectivity index (χ1v) is 4.11. The summed E-state index contributed by atoms with van der Waals surface area (Å²) in [7, 11) is 3.25. The fourth-order valence-corrected chi connectivity index (χ4v) is 1.13. The van der Waals surface area contributed by atoms with Gasteiger partial charge in [0.15, 0.2) is 0 Å². The predicted octanol–water partition coefficient (Wildman–Crippen LogP) is 2.09. The number of methoxy groups -OCH3 is 1. The molecule has 0 aliphatic carbocycles. The molecule has 2 rings (SSSR count). The number of cyclic esters (lactones) is 1. The minimum absolute atomic E-state index is 0.300. The molecule has 1 aromatic rings. The van der Waals surface area contributed by atoms with Crippen molar-refractivity contribution in [2.24, 2.45) is 0 Å².